The Bertz CT molecular complexity index is 462. The van der Waals surface area contributed by atoms with E-state index in [-0.39, 0.29) is 0 Å². The molecule has 2 nitrogen and oxygen atoms in total. The summed E-state index contributed by atoms with van der Waals surface area (Å²) < 4.78 is 0. The summed E-state index contributed by atoms with van der Waals surface area (Å²) in [5.74, 6) is 0. The van der Waals surface area contributed by atoms with E-state index >= 15 is 0 Å². The van der Waals surface area contributed by atoms with Crippen molar-refractivity contribution >= 4 is 39.8 Å². The van der Waals surface area contributed by atoms with E-state index in [0.29, 0.717) is 15.7 Å². The van der Waals surface area contributed by atoms with Gasteiger partial charge in [0.25, 0.3) is 0 Å². The van der Waals surface area contributed by atoms with Gasteiger partial charge in [-0.05, 0) is 24.6 Å². The largest absolute Gasteiger partial charge is 0.397 e. The van der Waals surface area contributed by atoms with Crippen molar-refractivity contribution in [2.75, 3.05) is 5.73 Å². The summed E-state index contributed by atoms with van der Waals surface area (Å²) in [7, 11) is 0. The van der Waals surface area contributed by atoms with Crippen LogP contribution in [0.3, 0.4) is 0 Å². The number of hydrogen-bond acceptors (Lipinski definition) is 2. The summed E-state index contributed by atoms with van der Waals surface area (Å²) in [5, 5.41) is 2.00. The second kappa shape index (κ2) is 3.30. The Morgan fingerprint density at radius 2 is 1.93 bits per heavy atom. The third-order valence-electron chi connectivity index (χ3n) is 2.22. The van der Waals surface area contributed by atoms with Gasteiger partial charge >= 0.3 is 0 Å². The molecule has 0 atom stereocenters. The zero-order valence-corrected chi connectivity index (χ0v) is 9.02. The van der Waals surface area contributed by atoms with E-state index < -0.39 is 0 Å². The molecule has 14 heavy (non-hydrogen) atoms. The molecule has 0 bridgehead atoms. The lowest BCUT2D eigenvalue weighted by atomic mass is 10.1. The first-order valence-corrected chi connectivity index (χ1v) is 4.85. The van der Waals surface area contributed by atoms with Crippen molar-refractivity contribution in [2.45, 2.75) is 6.92 Å². The van der Waals surface area contributed by atoms with Gasteiger partial charge in [0.2, 0.25) is 0 Å². The monoisotopic (exact) mass is 226 g/mol. The number of anilines is 1. The molecule has 0 unspecified atom stereocenters. The van der Waals surface area contributed by atoms with Gasteiger partial charge in [-0.15, -0.1) is 0 Å². The van der Waals surface area contributed by atoms with Gasteiger partial charge in [0, 0.05) is 16.6 Å². The Balaban J connectivity index is 2.94. The van der Waals surface area contributed by atoms with E-state index in [1.165, 1.54) is 0 Å². The standard InChI is InChI=1S/C10H8Cl2N2/c1-5-7(11)3-2-6-9(13)8(12)4-14-10(5)6/h2-4H,1H3,(H2,13,14). The Labute approximate surface area is 91.6 Å². The Kier molecular flexibility index (Phi) is 2.25. The first-order chi connectivity index (χ1) is 6.61. The molecule has 0 amide bonds. The highest BCUT2D eigenvalue weighted by Crippen LogP contribution is 2.31. The molecule has 0 saturated heterocycles. The Hall–Kier alpha value is -0.990. The van der Waals surface area contributed by atoms with Crippen molar-refractivity contribution in [1.82, 2.24) is 4.98 Å². The number of hydrogen-bond donors (Lipinski definition) is 1. The topological polar surface area (TPSA) is 38.9 Å². The van der Waals surface area contributed by atoms with E-state index in [2.05, 4.69) is 4.98 Å². The predicted octanol–water partition coefficient (Wildman–Crippen LogP) is 3.43. The number of pyridine rings is 1. The number of aryl methyl sites for hydroxylation is 1. The second-order valence-corrected chi connectivity index (χ2v) is 3.90. The second-order valence-electron chi connectivity index (χ2n) is 3.09. The van der Waals surface area contributed by atoms with Crippen molar-refractivity contribution in [3.63, 3.8) is 0 Å². The summed E-state index contributed by atoms with van der Waals surface area (Å²) in [5.41, 5.74) is 8.10. The van der Waals surface area contributed by atoms with Crippen LogP contribution in [0.2, 0.25) is 10.0 Å². The minimum Gasteiger partial charge on any atom is -0.397 e. The van der Waals surface area contributed by atoms with Crippen molar-refractivity contribution in [3.05, 3.63) is 33.9 Å². The van der Waals surface area contributed by atoms with Crippen LogP contribution < -0.4 is 5.73 Å². The molecule has 0 aliphatic rings. The van der Waals surface area contributed by atoms with Gasteiger partial charge in [-0.1, -0.05) is 23.2 Å². The summed E-state index contributed by atoms with van der Waals surface area (Å²) >= 11 is 11.8. The molecule has 0 saturated carbocycles. The molecule has 2 aromatic rings. The lowest BCUT2D eigenvalue weighted by molar-refractivity contribution is 1.37. The highest BCUT2D eigenvalue weighted by molar-refractivity contribution is 6.35. The molecule has 0 spiro atoms. The smallest absolute Gasteiger partial charge is 0.0825 e. The molecule has 4 heteroatoms. The average molecular weight is 227 g/mol. The minimum atomic E-state index is 0.472. The molecule has 0 aliphatic heterocycles. The molecule has 72 valence electrons. The van der Waals surface area contributed by atoms with E-state index in [1.807, 2.05) is 13.0 Å². The fourth-order valence-corrected chi connectivity index (χ4v) is 1.68. The maximum atomic E-state index is 5.97. The highest BCUT2D eigenvalue weighted by Gasteiger charge is 2.07. The third-order valence-corrected chi connectivity index (χ3v) is 2.93. The summed E-state index contributed by atoms with van der Waals surface area (Å²) in [6.45, 7) is 1.91. The molecular formula is C10H8Cl2N2. The number of nitrogens with zero attached hydrogens (tertiary/aromatic N) is 1. The highest BCUT2D eigenvalue weighted by atomic mass is 35.5. The number of nitrogen functional groups attached to an aromatic ring is 1. The van der Waals surface area contributed by atoms with Crippen LogP contribution in [0, 0.1) is 6.92 Å². The normalized spacial score (nSPS) is 10.8. The maximum absolute atomic E-state index is 5.97. The van der Waals surface area contributed by atoms with E-state index in [4.69, 9.17) is 28.9 Å². The van der Waals surface area contributed by atoms with E-state index in [9.17, 15) is 0 Å². The van der Waals surface area contributed by atoms with Gasteiger partial charge in [0.1, 0.15) is 0 Å². The molecule has 0 fully saturated rings. The number of aromatic nitrogens is 1. The van der Waals surface area contributed by atoms with Crippen LogP contribution in [-0.4, -0.2) is 4.98 Å². The van der Waals surface area contributed by atoms with Crippen molar-refractivity contribution < 1.29 is 0 Å². The van der Waals surface area contributed by atoms with Crippen LogP contribution in [0.15, 0.2) is 18.3 Å². The van der Waals surface area contributed by atoms with E-state index in [0.717, 1.165) is 16.5 Å². The Morgan fingerprint density at radius 1 is 1.21 bits per heavy atom. The third kappa shape index (κ3) is 1.31. The molecule has 0 radical (unpaired) electrons. The van der Waals surface area contributed by atoms with Crippen LogP contribution in [0.25, 0.3) is 10.9 Å². The fraction of sp³-hybridized carbons (Fsp3) is 0.100. The number of rotatable bonds is 0. The zero-order valence-electron chi connectivity index (χ0n) is 7.51. The molecule has 1 heterocycles. The van der Waals surface area contributed by atoms with Crippen LogP contribution in [-0.2, 0) is 0 Å². The van der Waals surface area contributed by atoms with Gasteiger partial charge in [0.15, 0.2) is 0 Å². The first-order valence-electron chi connectivity index (χ1n) is 4.10. The van der Waals surface area contributed by atoms with Crippen molar-refractivity contribution in [3.8, 4) is 0 Å². The number of nitrogens with two attached hydrogens (primary N) is 1. The predicted molar refractivity (Wildman–Crippen MR) is 60.9 cm³/mol. The SMILES string of the molecule is Cc1c(Cl)ccc2c(N)c(Cl)cnc12. The van der Waals surface area contributed by atoms with Crippen molar-refractivity contribution in [2.24, 2.45) is 0 Å². The quantitative estimate of drug-likeness (QED) is 0.748. The number of fused-ring (bicyclic) bond motifs is 1. The summed E-state index contributed by atoms with van der Waals surface area (Å²) in [6, 6.07) is 3.63. The first kappa shape index (κ1) is 9.56. The van der Waals surface area contributed by atoms with Crippen LogP contribution in [0.1, 0.15) is 5.56 Å². The van der Waals surface area contributed by atoms with Crippen LogP contribution >= 0.6 is 23.2 Å². The molecule has 0 aliphatic carbocycles. The van der Waals surface area contributed by atoms with E-state index in [1.54, 1.807) is 12.3 Å². The van der Waals surface area contributed by atoms with Gasteiger partial charge < -0.3 is 5.73 Å². The van der Waals surface area contributed by atoms with Gasteiger partial charge in [-0.3, -0.25) is 4.98 Å². The minimum absolute atomic E-state index is 0.472. The molecule has 1 aromatic carbocycles. The number of benzene rings is 1. The zero-order chi connectivity index (χ0) is 10.3. The molecule has 1 aromatic heterocycles. The fourth-order valence-electron chi connectivity index (χ4n) is 1.38. The van der Waals surface area contributed by atoms with Gasteiger partial charge in [0.05, 0.1) is 16.2 Å². The molecular weight excluding hydrogens is 219 g/mol. The molecule has 2 rings (SSSR count). The summed E-state index contributed by atoms with van der Waals surface area (Å²) in [4.78, 5) is 4.21. The lowest BCUT2D eigenvalue weighted by Gasteiger charge is -2.06. The van der Waals surface area contributed by atoms with Gasteiger partial charge in [-0.2, -0.15) is 0 Å². The van der Waals surface area contributed by atoms with Crippen LogP contribution in [0.5, 0.6) is 0 Å². The Morgan fingerprint density at radius 3 is 2.64 bits per heavy atom. The average Bonchev–Trinajstić information content (AvgIpc) is 2.17. The lowest BCUT2D eigenvalue weighted by Crippen LogP contribution is -1.92. The number of halogens is 2. The van der Waals surface area contributed by atoms with Gasteiger partial charge in [-0.25, -0.2) is 0 Å². The van der Waals surface area contributed by atoms with Crippen LogP contribution in [0.4, 0.5) is 5.69 Å². The maximum Gasteiger partial charge on any atom is 0.0825 e. The summed E-state index contributed by atoms with van der Waals surface area (Å²) in [6.07, 6.45) is 1.54. The van der Waals surface area contributed by atoms with Crippen molar-refractivity contribution in [1.29, 1.82) is 0 Å². The molecule has 2 N–H and O–H groups in total.